The summed E-state index contributed by atoms with van der Waals surface area (Å²) >= 11 is 0. The Morgan fingerprint density at radius 1 is 1.43 bits per heavy atom. The number of aromatic nitrogens is 2. The van der Waals surface area contributed by atoms with Gasteiger partial charge in [0.25, 0.3) is 0 Å². The summed E-state index contributed by atoms with van der Waals surface area (Å²) < 4.78 is 5.60. The average molecular weight is 285 g/mol. The van der Waals surface area contributed by atoms with E-state index >= 15 is 0 Å². The monoisotopic (exact) mass is 285 g/mol. The topological polar surface area (TPSA) is 82.0 Å². The number of imidazole rings is 1. The molecule has 0 amide bonds. The van der Waals surface area contributed by atoms with Gasteiger partial charge in [-0.25, -0.2) is 4.98 Å². The van der Waals surface area contributed by atoms with Crippen LogP contribution < -0.4 is 4.74 Å². The molecule has 1 heterocycles. The van der Waals surface area contributed by atoms with Crippen LogP contribution in [-0.4, -0.2) is 34.0 Å². The zero-order chi connectivity index (χ0) is 15.1. The lowest BCUT2D eigenvalue weighted by atomic mass is 10.1. The molecule has 0 spiro atoms. The minimum atomic E-state index is 0.0946. The van der Waals surface area contributed by atoms with E-state index in [2.05, 4.69) is 9.97 Å². The Labute approximate surface area is 123 Å². The minimum Gasteiger partial charge on any atom is -0.493 e. The standard InChI is InChI=1S/C16H19N3O2/c1-12-11-18-16(19-12)8-7-14(17)13-5-2-3-6-15(13)21-10-4-9-20/h2-3,5-8,11,17,20H,4,9-10H2,1H3,(H,18,19)/b8-7-,17-14?. The first-order valence-corrected chi connectivity index (χ1v) is 6.82. The van der Waals surface area contributed by atoms with Crippen LogP contribution in [0.4, 0.5) is 0 Å². The number of hydrogen-bond donors (Lipinski definition) is 3. The van der Waals surface area contributed by atoms with E-state index in [0.717, 1.165) is 17.1 Å². The summed E-state index contributed by atoms with van der Waals surface area (Å²) in [5.41, 5.74) is 2.05. The maximum Gasteiger partial charge on any atom is 0.130 e. The molecule has 0 unspecified atom stereocenters. The van der Waals surface area contributed by atoms with Gasteiger partial charge < -0.3 is 20.2 Å². The molecule has 0 atom stereocenters. The maximum atomic E-state index is 8.79. The van der Waals surface area contributed by atoms with E-state index in [-0.39, 0.29) is 6.61 Å². The lowest BCUT2D eigenvalue weighted by Crippen LogP contribution is -2.04. The second-order valence-electron chi connectivity index (χ2n) is 4.62. The summed E-state index contributed by atoms with van der Waals surface area (Å²) in [6.45, 7) is 2.46. The number of hydrogen-bond acceptors (Lipinski definition) is 4. The Morgan fingerprint density at radius 3 is 2.95 bits per heavy atom. The van der Waals surface area contributed by atoms with Crippen molar-refractivity contribution in [3.05, 3.63) is 53.6 Å². The highest BCUT2D eigenvalue weighted by molar-refractivity contribution is 6.10. The number of benzene rings is 1. The number of nitrogens with zero attached hydrogens (tertiary/aromatic N) is 1. The first kappa shape index (κ1) is 15.0. The second kappa shape index (κ2) is 7.40. The van der Waals surface area contributed by atoms with Crippen molar-refractivity contribution in [2.75, 3.05) is 13.2 Å². The molecular weight excluding hydrogens is 266 g/mol. The summed E-state index contributed by atoms with van der Waals surface area (Å²) in [7, 11) is 0. The molecule has 5 nitrogen and oxygen atoms in total. The Balaban J connectivity index is 2.09. The van der Waals surface area contributed by atoms with Crippen LogP contribution in [0.2, 0.25) is 0 Å². The molecule has 5 heteroatoms. The number of aryl methyl sites for hydroxylation is 1. The van der Waals surface area contributed by atoms with E-state index in [1.165, 1.54) is 0 Å². The molecule has 0 aliphatic heterocycles. The molecule has 0 aliphatic carbocycles. The number of allylic oxidation sites excluding steroid dienone is 1. The summed E-state index contributed by atoms with van der Waals surface area (Å²) in [6, 6.07) is 7.40. The first-order chi connectivity index (χ1) is 10.2. The fraction of sp³-hybridized carbons (Fsp3) is 0.250. The molecule has 0 aliphatic rings. The number of H-pyrrole nitrogens is 1. The van der Waals surface area contributed by atoms with E-state index in [0.29, 0.717) is 24.5 Å². The first-order valence-electron chi connectivity index (χ1n) is 6.82. The Kier molecular flexibility index (Phi) is 5.29. The lowest BCUT2D eigenvalue weighted by Gasteiger charge is -2.10. The Bertz CT molecular complexity index is 632. The van der Waals surface area contributed by atoms with Crippen LogP contribution in [0.25, 0.3) is 6.08 Å². The molecule has 0 saturated carbocycles. The number of aromatic amines is 1. The van der Waals surface area contributed by atoms with Gasteiger partial charge in [-0.2, -0.15) is 0 Å². The summed E-state index contributed by atoms with van der Waals surface area (Å²) in [5.74, 6) is 1.37. The van der Waals surface area contributed by atoms with E-state index in [1.807, 2.05) is 31.2 Å². The Hall–Kier alpha value is -2.40. The van der Waals surface area contributed by atoms with Crippen molar-refractivity contribution in [3.8, 4) is 5.75 Å². The van der Waals surface area contributed by atoms with Crippen molar-refractivity contribution in [3.63, 3.8) is 0 Å². The predicted molar refractivity (Wildman–Crippen MR) is 82.8 cm³/mol. The maximum absolute atomic E-state index is 8.79. The molecule has 0 radical (unpaired) electrons. The van der Waals surface area contributed by atoms with Crippen LogP contribution in [0.15, 0.2) is 36.5 Å². The van der Waals surface area contributed by atoms with Gasteiger partial charge in [0, 0.05) is 30.5 Å². The molecule has 0 bridgehead atoms. The number of aliphatic hydroxyl groups excluding tert-OH is 1. The van der Waals surface area contributed by atoms with Crippen LogP contribution >= 0.6 is 0 Å². The third kappa shape index (κ3) is 4.29. The molecule has 1 aromatic heterocycles. The van der Waals surface area contributed by atoms with Crippen molar-refractivity contribution in [1.29, 1.82) is 5.41 Å². The highest BCUT2D eigenvalue weighted by atomic mass is 16.5. The molecule has 3 N–H and O–H groups in total. The SMILES string of the molecule is Cc1cnc(/C=C\C(=N)c2ccccc2OCCCO)[nH]1. The summed E-state index contributed by atoms with van der Waals surface area (Å²) in [6.07, 6.45) is 5.77. The zero-order valence-electron chi connectivity index (χ0n) is 12.0. The third-order valence-corrected chi connectivity index (χ3v) is 2.87. The van der Waals surface area contributed by atoms with Crippen LogP contribution in [0.3, 0.4) is 0 Å². The highest BCUT2D eigenvalue weighted by Crippen LogP contribution is 2.19. The van der Waals surface area contributed by atoms with Gasteiger partial charge in [0.15, 0.2) is 0 Å². The van der Waals surface area contributed by atoms with Crippen molar-refractivity contribution in [1.82, 2.24) is 9.97 Å². The van der Waals surface area contributed by atoms with Crippen molar-refractivity contribution in [2.45, 2.75) is 13.3 Å². The van der Waals surface area contributed by atoms with Gasteiger partial charge in [-0.05, 0) is 31.2 Å². The zero-order valence-corrected chi connectivity index (χ0v) is 12.0. The largest absolute Gasteiger partial charge is 0.493 e. The van der Waals surface area contributed by atoms with E-state index in [4.69, 9.17) is 15.3 Å². The molecule has 0 fully saturated rings. The summed E-state index contributed by atoms with van der Waals surface area (Å²) in [5, 5.41) is 16.9. The molecule has 2 rings (SSSR count). The van der Waals surface area contributed by atoms with Gasteiger partial charge in [-0.1, -0.05) is 12.1 Å². The number of nitrogens with one attached hydrogen (secondary N) is 2. The molecular formula is C16H19N3O2. The number of para-hydroxylation sites is 1. The van der Waals surface area contributed by atoms with Gasteiger partial charge in [-0.15, -0.1) is 0 Å². The average Bonchev–Trinajstić information content (AvgIpc) is 2.91. The third-order valence-electron chi connectivity index (χ3n) is 2.87. The van der Waals surface area contributed by atoms with Gasteiger partial charge in [0.2, 0.25) is 0 Å². The van der Waals surface area contributed by atoms with Crippen LogP contribution in [0, 0.1) is 12.3 Å². The molecule has 110 valence electrons. The predicted octanol–water partition coefficient (Wildman–Crippen LogP) is 2.56. The lowest BCUT2D eigenvalue weighted by molar-refractivity contribution is 0.233. The molecule has 0 saturated heterocycles. The van der Waals surface area contributed by atoms with Gasteiger partial charge in [0.1, 0.15) is 11.6 Å². The minimum absolute atomic E-state index is 0.0946. The molecule has 21 heavy (non-hydrogen) atoms. The van der Waals surface area contributed by atoms with E-state index in [1.54, 1.807) is 18.3 Å². The number of ether oxygens (including phenoxy) is 1. The quantitative estimate of drug-likeness (QED) is 0.540. The van der Waals surface area contributed by atoms with Crippen LogP contribution in [-0.2, 0) is 0 Å². The number of rotatable bonds is 7. The normalized spacial score (nSPS) is 11.0. The highest BCUT2D eigenvalue weighted by Gasteiger charge is 2.06. The van der Waals surface area contributed by atoms with E-state index in [9.17, 15) is 0 Å². The second-order valence-corrected chi connectivity index (χ2v) is 4.62. The smallest absolute Gasteiger partial charge is 0.130 e. The fourth-order valence-corrected chi connectivity index (χ4v) is 1.83. The Morgan fingerprint density at radius 2 is 2.24 bits per heavy atom. The molecule has 2 aromatic rings. The number of aliphatic hydroxyl groups is 1. The molecule has 1 aromatic carbocycles. The van der Waals surface area contributed by atoms with Crippen molar-refractivity contribution in [2.24, 2.45) is 0 Å². The van der Waals surface area contributed by atoms with Gasteiger partial charge >= 0.3 is 0 Å². The van der Waals surface area contributed by atoms with Crippen LogP contribution in [0.1, 0.15) is 23.5 Å². The van der Waals surface area contributed by atoms with Crippen LogP contribution in [0.5, 0.6) is 5.75 Å². The van der Waals surface area contributed by atoms with Gasteiger partial charge in [-0.3, -0.25) is 0 Å². The van der Waals surface area contributed by atoms with Gasteiger partial charge in [0.05, 0.1) is 12.3 Å². The van der Waals surface area contributed by atoms with E-state index < -0.39 is 0 Å². The van der Waals surface area contributed by atoms with Crippen molar-refractivity contribution >= 4 is 11.8 Å². The fourth-order valence-electron chi connectivity index (χ4n) is 1.83. The van der Waals surface area contributed by atoms with Crippen molar-refractivity contribution < 1.29 is 9.84 Å². The summed E-state index contributed by atoms with van der Waals surface area (Å²) in [4.78, 5) is 7.25.